The highest BCUT2D eigenvalue weighted by atomic mass is 32.2. The van der Waals surface area contributed by atoms with E-state index in [-0.39, 0.29) is 80.4 Å². The average molecular weight is 1180 g/mol. The molecule has 2 unspecified atom stereocenters. The molecule has 0 radical (unpaired) electrons. The van der Waals surface area contributed by atoms with Crippen molar-refractivity contribution in [1.29, 1.82) is 0 Å². The number of thioether (sulfide) groups is 1. The van der Waals surface area contributed by atoms with Gasteiger partial charge in [0.15, 0.2) is 17.6 Å². The number of amides is 4. The molecule has 4 amide bonds. The fourth-order valence-corrected chi connectivity index (χ4v) is 17.9. The van der Waals surface area contributed by atoms with Crippen LogP contribution < -0.4 is 15.4 Å². The number of carbonyl (C=O) groups excluding carboxylic acids is 6. The van der Waals surface area contributed by atoms with Gasteiger partial charge in [-0.25, -0.2) is 19.4 Å². The third-order valence-electron chi connectivity index (χ3n) is 20.8. The second-order valence-electron chi connectivity index (χ2n) is 26.6. The molecule has 1 aromatic carbocycles. The summed E-state index contributed by atoms with van der Waals surface area (Å²) in [6.07, 6.45) is 13.8. The predicted molar refractivity (Wildman–Crippen MR) is 323 cm³/mol. The molecule has 19 heteroatoms. The first-order valence-corrected chi connectivity index (χ1v) is 32.3. The number of nitrogens with zero attached hydrogens (tertiary/aromatic N) is 4. The second-order valence-corrected chi connectivity index (χ2v) is 28.6. The van der Waals surface area contributed by atoms with Crippen LogP contribution >= 0.6 is 23.1 Å². The molecule has 2 aromatic rings. The van der Waals surface area contributed by atoms with Crippen LogP contribution in [0.3, 0.4) is 0 Å². The first-order chi connectivity index (χ1) is 39.2. The number of carbonyl (C=O) groups is 8. The number of benzene rings is 1. The Morgan fingerprint density at radius 2 is 1.57 bits per heavy atom. The molecule has 0 bridgehead atoms. The first-order valence-electron chi connectivity index (χ1n) is 30.5. The monoisotopic (exact) mass is 1180 g/mol. The molecule has 6 aliphatic rings. The zero-order chi connectivity index (χ0) is 60.3. The van der Waals surface area contributed by atoms with Crippen LogP contribution in [0.2, 0.25) is 0 Å². The molecule has 5 aliphatic carbocycles. The first kappa shape index (κ1) is 63.6. The number of aliphatic imine (C=N–C) groups is 1. The molecule has 83 heavy (non-hydrogen) atoms. The predicted octanol–water partition coefficient (Wildman–Crippen LogP) is 11.1. The summed E-state index contributed by atoms with van der Waals surface area (Å²) in [5.41, 5.74) is 1.83. The van der Waals surface area contributed by atoms with Crippen LogP contribution in [-0.2, 0) is 33.6 Å². The smallest absolute Gasteiger partial charge is 0.415 e. The van der Waals surface area contributed by atoms with Crippen molar-refractivity contribution < 1.29 is 53.3 Å². The number of aliphatic carboxylic acids is 2. The topological polar surface area (TPSA) is 242 Å². The zero-order valence-corrected chi connectivity index (χ0v) is 52.3. The van der Waals surface area contributed by atoms with E-state index in [9.17, 15) is 48.6 Å². The fraction of sp³-hybridized carbons (Fsp3) is 0.688. The lowest BCUT2D eigenvalue weighted by molar-refractivity contribution is -0.142. The normalized spacial score (nSPS) is 27.7. The zero-order valence-electron chi connectivity index (χ0n) is 50.7. The Bertz CT molecular complexity index is 2950. The number of ketones is 2. The van der Waals surface area contributed by atoms with E-state index in [1.165, 1.54) is 90.7 Å². The molecule has 11 atom stereocenters. The summed E-state index contributed by atoms with van der Waals surface area (Å²) in [6.45, 7) is 18.9. The molecule has 4 fully saturated rings. The number of hydrogen-bond acceptors (Lipinski definition) is 13. The number of nitrogens with one attached hydrogen (secondary N) is 2. The van der Waals surface area contributed by atoms with E-state index in [1.807, 2.05) is 0 Å². The van der Waals surface area contributed by atoms with E-state index in [2.05, 4.69) is 48.3 Å². The van der Waals surface area contributed by atoms with Gasteiger partial charge < -0.3 is 35.4 Å². The Labute approximate surface area is 498 Å². The highest BCUT2D eigenvalue weighted by Gasteiger charge is 2.60. The maximum atomic E-state index is 14.0. The highest BCUT2D eigenvalue weighted by Crippen LogP contribution is 2.68. The minimum atomic E-state index is -1.08. The van der Waals surface area contributed by atoms with Crippen molar-refractivity contribution in [3.05, 3.63) is 45.5 Å². The molecule has 454 valence electrons. The van der Waals surface area contributed by atoms with Gasteiger partial charge in [0.05, 0.1) is 10.2 Å². The van der Waals surface area contributed by atoms with Crippen LogP contribution in [0.5, 0.6) is 5.75 Å². The average Bonchev–Trinajstić information content (AvgIpc) is 2.06. The van der Waals surface area contributed by atoms with Crippen molar-refractivity contribution in [3.8, 4) is 5.75 Å². The van der Waals surface area contributed by atoms with Gasteiger partial charge in [0.25, 0.3) is 0 Å². The summed E-state index contributed by atoms with van der Waals surface area (Å²) >= 11 is 2.62. The molecule has 4 saturated carbocycles. The van der Waals surface area contributed by atoms with Gasteiger partial charge >= 0.3 is 18.0 Å². The van der Waals surface area contributed by atoms with Gasteiger partial charge in [0.2, 0.25) is 17.7 Å². The van der Waals surface area contributed by atoms with Crippen molar-refractivity contribution in [2.75, 3.05) is 39.0 Å². The number of rotatable bonds is 24. The van der Waals surface area contributed by atoms with Gasteiger partial charge in [-0.3, -0.25) is 29.0 Å². The third-order valence-corrected chi connectivity index (χ3v) is 23.0. The van der Waals surface area contributed by atoms with Crippen LogP contribution in [0, 0.1) is 57.7 Å². The largest absolute Gasteiger partial charge is 0.480 e. The van der Waals surface area contributed by atoms with Crippen molar-refractivity contribution >= 4 is 85.7 Å². The molecule has 2 heterocycles. The van der Waals surface area contributed by atoms with E-state index in [4.69, 9.17) is 4.74 Å². The lowest BCUT2D eigenvalue weighted by Gasteiger charge is -2.61. The Morgan fingerprint density at radius 1 is 0.843 bits per heavy atom. The van der Waals surface area contributed by atoms with Crippen LogP contribution in [0.1, 0.15) is 176 Å². The number of unbranched alkanes of at least 4 members (excludes halogenated alkanes) is 1. The van der Waals surface area contributed by atoms with Crippen LogP contribution in [0.25, 0.3) is 10.2 Å². The number of ether oxygens (including phenoxy) is 1. The number of aromatic nitrogens is 1. The second kappa shape index (κ2) is 26.5. The van der Waals surface area contributed by atoms with Crippen molar-refractivity contribution in [2.45, 2.75) is 184 Å². The number of Topliss-reactive ketones (excluding diaryl/α,β-unsaturated/α-hetero) is 2. The molecule has 0 spiro atoms. The number of carboxylic acid groups (broad SMARTS) is 2. The molecule has 1 aliphatic heterocycles. The molecule has 8 rings (SSSR count). The van der Waals surface area contributed by atoms with E-state index < -0.39 is 35.5 Å². The van der Waals surface area contributed by atoms with Crippen LogP contribution in [-0.4, -0.2) is 128 Å². The fourth-order valence-electron chi connectivity index (χ4n) is 15.8. The van der Waals surface area contributed by atoms with E-state index in [1.54, 1.807) is 59.9 Å². The van der Waals surface area contributed by atoms with Gasteiger partial charge in [0, 0.05) is 92.0 Å². The van der Waals surface area contributed by atoms with Crippen molar-refractivity contribution in [1.82, 2.24) is 25.4 Å². The van der Waals surface area contributed by atoms with Crippen LogP contribution in [0.15, 0.2) is 45.5 Å². The maximum Gasteiger partial charge on any atom is 0.415 e. The van der Waals surface area contributed by atoms with Crippen molar-refractivity contribution in [2.24, 2.45) is 62.7 Å². The molecular weight excluding hydrogens is 1090 g/mol. The lowest BCUT2D eigenvalue weighted by Crippen LogP contribution is -2.53. The number of allylic oxidation sites excluding steroid dienone is 4. The summed E-state index contributed by atoms with van der Waals surface area (Å²) in [5, 5.41) is 26.3. The van der Waals surface area contributed by atoms with Gasteiger partial charge in [-0.1, -0.05) is 48.0 Å². The van der Waals surface area contributed by atoms with Crippen LogP contribution in [0.4, 0.5) is 4.79 Å². The molecule has 1 aromatic heterocycles. The van der Waals surface area contributed by atoms with Gasteiger partial charge in [0.1, 0.15) is 21.8 Å². The SMILES string of the molecule is CC1=C(C)C(=O)C(C(C)(C)CC(=O)N(C)CCN(CCCC(=O)NCCCCC(NC(=O)CC[C@@H](C)[C@H]2CC[C@H]3[C@@H]4CC[C@@H]5C[C@H](C)CC[C@]5(C)[C@H]4CC[C@]23C)C(=O)O)C(=O)Oc2ccc3nc(C4=NC(C(=O)O)CS4)sc3c2)=C(C)C1=O. The highest BCUT2D eigenvalue weighted by molar-refractivity contribution is 8.15. The summed E-state index contributed by atoms with van der Waals surface area (Å²) in [6, 6.07) is 3.10. The quantitative estimate of drug-likeness (QED) is 0.0565. The summed E-state index contributed by atoms with van der Waals surface area (Å²) < 4.78 is 6.57. The summed E-state index contributed by atoms with van der Waals surface area (Å²) in [4.78, 5) is 116. The minimum absolute atomic E-state index is 0.0406. The molecule has 17 nitrogen and oxygen atoms in total. The Balaban J connectivity index is 0.794. The minimum Gasteiger partial charge on any atom is -0.480 e. The number of carboxylic acids is 2. The van der Waals surface area contributed by atoms with E-state index >= 15 is 0 Å². The number of thiazole rings is 1. The number of likely N-dealkylation sites (N-methyl/N-ethyl adjacent to an activating group) is 1. The molecule has 0 saturated heterocycles. The standard InChI is InChI=1S/C64H90N6O11S2/c1-36-24-26-63(8)41(32-36)17-19-43-45-21-20-44(64(45,9)27-25-46(43)63)37(2)16-23-52(72)66-48(59(76)77)14-11-12-28-65-51(71)15-13-29-70(31-30-69(10)53(73)34-62(6,7)54-40(5)55(74)38(3)39(4)56(54)75)61(80)81-42-18-22-47-50(33-42)83-58(67-47)57-68-49(35-82-57)60(78)79/h18,22,33,36-37,41,43-46,48-49H,11-17,19-21,23-32,34-35H2,1-10H3,(H,65,71)(H,66,72)(H,76,77)(H,78,79)/t36-,37-,41-,43+,44-,45+,46+,48?,49?,63+,64-/m1/s1. The maximum absolute atomic E-state index is 14.0. The third kappa shape index (κ3) is 14.1. The van der Waals surface area contributed by atoms with Gasteiger partial charge in [-0.2, -0.15) is 0 Å². The van der Waals surface area contributed by atoms with Gasteiger partial charge in [-0.05, 0) is 169 Å². The van der Waals surface area contributed by atoms with Gasteiger partial charge in [-0.15, -0.1) is 23.1 Å². The Hall–Kier alpha value is -5.43. The van der Waals surface area contributed by atoms with E-state index in [0.29, 0.717) is 96.8 Å². The van der Waals surface area contributed by atoms with Crippen molar-refractivity contribution in [3.63, 3.8) is 0 Å². The molecule has 4 N–H and O–H groups in total. The number of hydrogen-bond donors (Lipinski definition) is 4. The Morgan fingerprint density at radius 3 is 2.29 bits per heavy atom. The lowest BCUT2D eigenvalue weighted by atomic mass is 9.44. The van der Waals surface area contributed by atoms with E-state index in [0.717, 1.165) is 36.0 Å². The molecular formula is C64H90N6O11S2. The summed E-state index contributed by atoms with van der Waals surface area (Å²) in [5.74, 6) is 2.29. The number of fused-ring (bicyclic) bond motifs is 6. The summed E-state index contributed by atoms with van der Waals surface area (Å²) in [7, 11) is 1.60. The Kier molecular flexibility index (Phi) is 20.3.